The fourth-order valence-electron chi connectivity index (χ4n) is 6.93. The van der Waals surface area contributed by atoms with E-state index in [1.807, 2.05) is 11.0 Å². The second-order valence-corrected chi connectivity index (χ2v) is 16.6. The van der Waals surface area contributed by atoms with Crippen LogP contribution in [0.5, 0.6) is 0 Å². The van der Waals surface area contributed by atoms with E-state index >= 15 is 0 Å². The Hall–Kier alpha value is -3.32. The molecule has 10 nitrogen and oxygen atoms in total. The normalized spacial score (nSPS) is 19.7. The molecule has 2 aromatic rings. The number of urea groups is 1. The van der Waals surface area contributed by atoms with Gasteiger partial charge in [0.25, 0.3) is 0 Å². The number of aliphatic hydroxyl groups excluding tert-OH is 1. The number of sulfonamides is 1. The number of rotatable bonds is 14. The molecule has 4 unspecified atom stereocenters. The van der Waals surface area contributed by atoms with Crippen LogP contribution in [0.3, 0.4) is 0 Å². The second-order valence-electron chi connectivity index (χ2n) is 14.4. The lowest BCUT2D eigenvalue weighted by molar-refractivity contribution is -0.127. The molecule has 1 saturated heterocycles. The number of benzene rings is 2. The minimum absolute atomic E-state index is 0.0840. The van der Waals surface area contributed by atoms with Crippen LogP contribution in [0.1, 0.15) is 95.6 Å². The number of amides is 3. The maximum absolute atomic E-state index is 13.1. The summed E-state index contributed by atoms with van der Waals surface area (Å²) < 4.78 is 44.0. The summed E-state index contributed by atoms with van der Waals surface area (Å²) in [5.41, 5.74) is 1.84. The van der Waals surface area contributed by atoms with Crippen molar-refractivity contribution in [2.45, 2.75) is 102 Å². The van der Waals surface area contributed by atoms with Crippen molar-refractivity contribution in [2.75, 3.05) is 47.5 Å². The van der Waals surface area contributed by atoms with Gasteiger partial charge in [0.05, 0.1) is 4.90 Å². The van der Waals surface area contributed by atoms with E-state index in [0.29, 0.717) is 44.7 Å². The van der Waals surface area contributed by atoms with Crippen molar-refractivity contribution in [2.24, 2.45) is 17.8 Å². The number of aliphatic hydroxyl groups is 1. The summed E-state index contributed by atoms with van der Waals surface area (Å²) in [6, 6.07) is 13.5. The standard InChI is InChI=1S/C24H39N3O3S.C16H22FNO2.CH4O/c1-6-8-20-10-9-19(3)16-22(17-20)27(15-7-2)24(28)25-18-21-11-13-23(14-12-21)31(29,30)26(4)5;1-12(14-3-2-4-15(17)11-14)5-8-18-16(19)13-6-9-20-10-7-13;1-2/h7,11-14,19-20,22H,2,6,8-10,15-18H2,1,3-5H3,(H,25,28);2-4,11-13H,5-10H2,1H3,(H,18,19);2H,1H3. The summed E-state index contributed by atoms with van der Waals surface area (Å²) in [6.45, 7) is 13.3. The monoisotopic (exact) mass is 760 g/mol. The highest BCUT2D eigenvalue weighted by atomic mass is 32.2. The van der Waals surface area contributed by atoms with Crippen molar-refractivity contribution in [3.05, 3.63) is 78.1 Å². The Morgan fingerprint density at radius 3 is 2.32 bits per heavy atom. The third-order valence-electron chi connectivity index (χ3n) is 10.1. The molecule has 1 aliphatic heterocycles. The highest BCUT2D eigenvalue weighted by molar-refractivity contribution is 7.89. The summed E-state index contributed by atoms with van der Waals surface area (Å²) in [5, 5.41) is 13.0. The van der Waals surface area contributed by atoms with Gasteiger partial charge in [-0.2, -0.15) is 0 Å². The smallest absolute Gasteiger partial charge is 0.318 e. The van der Waals surface area contributed by atoms with Gasteiger partial charge in [-0.3, -0.25) is 4.79 Å². The van der Waals surface area contributed by atoms with Crippen LogP contribution in [0.15, 0.2) is 66.1 Å². The van der Waals surface area contributed by atoms with Crippen LogP contribution in [-0.2, 0) is 26.1 Å². The zero-order valence-electron chi connectivity index (χ0n) is 32.9. The molecular formula is C41H65FN4O6S. The predicted octanol–water partition coefficient (Wildman–Crippen LogP) is 7.10. The van der Waals surface area contributed by atoms with Crippen LogP contribution in [0.25, 0.3) is 0 Å². The van der Waals surface area contributed by atoms with E-state index in [1.165, 1.54) is 50.2 Å². The quantitative estimate of drug-likeness (QED) is 0.139. The predicted molar refractivity (Wildman–Crippen MR) is 210 cm³/mol. The van der Waals surface area contributed by atoms with Crippen LogP contribution in [-0.4, -0.2) is 88.2 Å². The van der Waals surface area contributed by atoms with E-state index in [4.69, 9.17) is 9.84 Å². The minimum atomic E-state index is -3.45. The molecule has 1 aliphatic carbocycles. The summed E-state index contributed by atoms with van der Waals surface area (Å²) in [4.78, 5) is 27.2. The van der Waals surface area contributed by atoms with Crippen molar-refractivity contribution >= 4 is 22.0 Å². The third-order valence-corrected chi connectivity index (χ3v) is 11.9. The Balaban J connectivity index is 0.000000380. The molecule has 2 aliphatic rings. The molecule has 2 fully saturated rings. The molecule has 0 spiro atoms. The molecule has 0 aromatic heterocycles. The van der Waals surface area contributed by atoms with Crippen LogP contribution in [0.2, 0.25) is 0 Å². The lowest BCUT2D eigenvalue weighted by atomic mass is 9.93. The number of hydrogen-bond donors (Lipinski definition) is 3. The maximum Gasteiger partial charge on any atom is 0.318 e. The van der Waals surface area contributed by atoms with Gasteiger partial charge in [0.15, 0.2) is 0 Å². The molecule has 0 radical (unpaired) electrons. The van der Waals surface area contributed by atoms with Gasteiger partial charge in [-0.15, -0.1) is 6.58 Å². The van der Waals surface area contributed by atoms with E-state index in [-0.39, 0.29) is 40.5 Å². The second kappa shape index (κ2) is 24.2. The first kappa shape index (κ1) is 45.8. The molecule has 1 heterocycles. The van der Waals surface area contributed by atoms with Crippen molar-refractivity contribution in [1.29, 1.82) is 0 Å². The van der Waals surface area contributed by atoms with E-state index < -0.39 is 10.0 Å². The lowest BCUT2D eigenvalue weighted by Crippen LogP contribution is -2.46. The van der Waals surface area contributed by atoms with E-state index in [2.05, 4.69) is 38.0 Å². The Labute approximate surface area is 318 Å². The highest BCUT2D eigenvalue weighted by Gasteiger charge is 2.30. The molecule has 3 amide bonds. The molecule has 298 valence electrons. The van der Waals surface area contributed by atoms with Gasteiger partial charge in [-0.05, 0) is 85.3 Å². The average Bonchev–Trinajstić information content (AvgIpc) is 3.34. The molecule has 0 bridgehead atoms. The number of hydrogen-bond acceptors (Lipinski definition) is 6. The van der Waals surface area contributed by atoms with Crippen LogP contribution in [0, 0.1) is 23.6 Å². The molecule has 4 atom stereocenters. The summed E-state index contributed by atoms with van der Waals surface area (Å²) >= 11 is 0. The minimum Gasteiger partial charge on any atom is -0.400 e. The van der Waals surface area contributed by atoms with Gasteiger partial charge in [-0.25, -0.2) is 21.9 Å². The number of nitrogens with one attached hydrogen (secondary N) is 2. The van der Waals surface area contributed by atoms with Crippen LogP contribution >= 0.6 is 0 Å². The Morgan fingerprint density at radius 2 is 1.72 bits per heavy atom. The van der Waals surface area contributed by atoms with Gasteiger partial charge in [0.1, 0.15) is 5.82 Å². The van der Waals surface area contributed by atoms with E-state index in [9.17, 15) is 22.4 Å². The van der Waals surface area contributed by atoms with Gasteiger partial charge in [0, 0.05) is 66.0 Å². The molecule has 2 aromatic carbocycles. The number of nitrogens with zero attached hydrogens (tertiary/aromatic N) is 2. The van der Waals surface area contributed by atoms with Crippen molar-refractivity contribution in [1.82, 2.24) is 19.8 Å². The topological polar surface area (TPSA) is 128 Å². The number of carbonyl (C=O) groups excluding carboxylic acids is 2. The van der Waals surface area contributed by atoms with Gasteiger partial charge in [-0.1, -0.05) is 76.8 Å². The molecule has 53 heavy (non-hydrogen) atoms. The molecule has 12 heteroatoms. The number of halogens is 1. The highest BCUT2D eigenvalue weighted by Crippen LogP contribution is 2.32. The molecule has 1 saturated carbocycles. The first-order valence-corrected chi connectivity index (χ1v) is 20.5. The molecular weight excluding hydrogens is 696 g/mol. The average molecular weight is 761 g/mol. The SMILES string of the molecule is C=CCN(C(=O)NCc1ccc(S(=O)(=O)N(C)C)cc1)C1CC(C)CCC(CCC)C1.CC(CCNC(=O)C1CCOCC1)c1cccc(F)c1.CO. The van der Waals surface area contributed by atoms with Crippen molar-refractivity contribution in [3.63, 3.8) is 0 Å². The fraction of sp³-hybridized carbons (Fsp3) is 0.610. The Bertz CT molecular complexity index is 1480. The van der Waals surface area contributed by atoms with Crippen molar-refractivity contribution in [3.8, 4) is 0 Å². The molecule has 4 rings (SSSR count). The number of ether oxygens (including phenoxy) is 1. The van der Waals surface area contributed by atoms with Gasteiger partial charge < -0.3 is 25.4 Å². The maximum atomic E-state index is 13.1. The Morgan fingerprint density at radius 1 is 1.04 bits per heavy atom. The zero-order chi connectivity index (χ0) is 39.4. The van der Waals surface area contributed by atoms with Crippen LogP contribution in [0.4, 0.5) is 9.18 Å². The first-order chi connectivity index (χ1) is 25.3. The largest absolute Gasteiger partial charge is 0.400 e. The van der Waals surface area contributed by atoms with E-state index in [0.717, 1.165) is 50.3 Å². The first-order valence-electron chi connectivity index (χ1n) is 19.1. The third kappa shape index (κ3) is 15.5. The van der Waals surface area contributed by atoms with Crippen molar-refractivity contribution < 1.29 is 32.2 Å². The zero-order valence-corrected chi connectivity index (χ0v) is 33.7. The summed E-state index contributed by atoms with van der Waals surface area (Å²) in [5.74, 6) is 1.53. The van der Waals surface area contributed by atoms with E-state index in [1.54, 1.807) is 42.5 Å². The summed E-state index contributed by atoms with van der Waals surface area (Å²) in [6.07, 6.45) is 11.2. The van der Waals surface area contributed by atoms with Gasteiger partial charge >= 0.3 is 6.03 Å². The lowest BCUT2D eigenvalue weighted by Gasteiger charge is -2.33. The molecule has 3 N–H and O–H groups in total. The number of carbonyl (C=O) groups is 2. The Kier molecular flexibility index (Phi) is 20.9. The fourth-order valence-corrected chi connectivity index (χ4v) is 7.83. The summed E-state index contributed by atoms with van der Waals surface area (Å²) in [7, 11) is 0.570. The van der Waals surface area contributed by atoms with Gasteiger partial charge in [0.2, 0.25) is 15.9 Å². The van der Waals surface area contributed by atoms with Crippen LogP contribution < -0.4 is 10.6 Å².